The van der Waals surface area contributed by atoms with Crippen LogP contribution in [0.25, 0.3) is 12.2 Å². The van der Waals surface area contributed by atoms with E-state index < -0.39 is 99.7 Å². The molecule has 8 aliphatic rings. The van der Waals surface area contributed by atoms with Crippen molar-refractivity contribution in [2.75, 3.05) is 75.3 Å². The molecule has 6 aliphatic heterocycles. The van der Waals surface area contributed by atoms with Crippen molar-refractivity contribution < 1.29 is 85.4 Å². The molecule has 2 amide bonds. The van der Waals surface area contributed by atoms with Crippen LogP contribution in [-0.2, 0) is 65.7 Å². The molecule has 12 rings (SSSR count). The number of fused-ring (bicyclic) bond motifs is 12. The summed E-state index contributed by atoms with van der Waals surface area (Å²) in [6, 6.07) is 13.5. The van der Waals surface area contributed by atoms with Gasteiger partial charge >= 0.3 is 0 Å². The molecule has 0 unspecified atom stereocenters. The summed E-state index contributed by atoms with van der Waals surface area (Å²) in [4.78, 5) is 106. The molecule has 4 bridgehead atoms. The molecular formula is C80H100Cl2N4O18Si2. The topological polar surface area (TPSA) is 245 Å². The number of aliphatic hydroxyl groups is 1. The molecule has 4 aromatic rings. The molecule has 106 heavy (non-hydrogen) atoms. The minimum absolute atomic E-state index is 0. The molecule has 1 N–H and O–H groups in total. The van der Waals surface area contributed by atoms with Crippen molar-refractivity contribution in [1.29, 1.82) is 0 Å². The van der Waals surface area contributed by atoms with Gasteiger partial charge in [-0.15, -0.1) is 23.2 Å². The normalized spacial score (nSPS) is 22.1. The lowest BCUT2D eigenvalue weighted by Crippen LogP contribution is -2.68. The van der Waals surface area contributed by atoms with E-state index in [2.05, 4.69) is 67.7 Å². The van der Waals surface area contributed by atoms with Crippen molar-refractivity contribution in [3.8, 4) is 34.5 Å². The monoisotopic (exact) mass is 1530 g/mol. The first-order valence-corrected chi connectivity index (χ1v) is 41.6. The minimum Gasteiger partial charge on any atom is -0.543 e. The van der Waals surface area contributed by atoms with Gasteiger partial charge in [0.2, 0.25) is 17.5 Å². The number of carbonyl (C=O) groups excluding carboxylic acids is 7. The number of rotatable bonds is 18. The van der Waals surface area contributed by atoms with E-state index in [1.165, 1.54) is 28.1 Å². The summed E-state index contributed by atoms with van der Waals surface area (Å²) in [5.41, 5.74) is 6.65. The Morgan fingerprint density at radius 3 is 1.25 bits per heavy atom. The number of nitrogens with zero attached hydrogens (tertiary/aromatic N) is 4. The number of methoxy groups -OCH3 is 6. The SMILES string of the molecule is C.COC1=C(C)C(=O)C2=C(C1=O)[C@@H]1C3=Cc4c(O[Si](C)(C)C(C)(C)C)c(C)c(OC)c(OC)c4[C@H](COCc4ccccc4)N3C(=O)[C@H](C2=O)N1C.COC1=C(C)C(=O)C2=C(C1=O)[C@@H]1C3=Cc4c(O[Si](C)(C)C(C)(C)C)c(C)c(OC)c(OC)c4[C@H](COCc4ccccc4)N3C(=O)[C@H]([C@H]2O)N1C.ClCCl. The molecule has 22 nitrogen and oxygen atoms in total. The number of Topliss-reactive ketones (excluding diaryl/α,β-unsaturated/α-hetero) is 5. The quantitative estimate of drug-likeness (QED) is 0.0320. The third kappa shape index (κ3) is 13.6. The van der Waals surface area contributed by atoms with E-state index in [0.717, 1.165) is 16.7 Å². The number of ketones is 5. The Hall–Kier alpha value is -8.18. The molecule has 2 aliphatic carbocycles. The van der Waals surface area contributed by atoms with Crippen LogP contribution in [0.3, 0.4) is 0 Å². The van der Waals surface area contributed by atoms with Crippen LogP contribution < -0.4 is 27.8 Å². The van der Waals surface area contributed by atoms with Gasteiger partial charge in [-0.2, -0.15) is 0 Å². The second-order valence-corrected chi connectivity index (χ2v) is 40.4. The van der Waals surface area contributed by atoms with Crippen LogP contribution >= 0.6 is 23.2 Å². The summed E-state index contributed by atoms with van der Waals surface area (Å²) >= 11 is 9.53. The minimum atomic E-state index is -2.49. The fraction of sp³-hybridized carbons (Fsp3) is 0.463. The van der Waals surface area contributed by atoms with Crippen LogP contribution in [0.2, 0.25) is 36.3 Å². The predicted molar refractivity (Wildman–Crippen MR) is 410 cm³/mol. The van der Waals surface area contributed by atoms with E-state index in [4.69, 9.17) is 69.9 Å². The average molecular weight is 1530 g/mol. The number of piperazine rings is 2. The number of likely N-dealkylation sites (N-methyl/N-ethyl adjacent to an activating group) is 2. The van der Waals surface area contributed by atoms with E-state index in [-0.39, 0.29) is 94.2 Å². The second-order valence-electron chi connectivity index (χ2n) is 30.2. The largest absolute Gasteiger partial charge is 0.543 e. The second kappa shape index (κ2) is 31.2. The molecule has 26 heteroatoms. The highest BCUT2D eigenvalue weighted by atomic mass is 35.5. The molecule has 0 aromatic heterocycles. The first-order valence-electron chi connectivity index (χ1n) is 34.7. The summed E-state index contributed by atoms with van der Waals surface area (Å²) in [5, 5.41) is 11.7. The Bertz CT molecular complexity index is 4450. The number of hydrogen-bond donors (Lipinski definition) is 1. The zero-order chi connectivity index (χ0) is 77.3. The zero-order valence-electron chi connectivity index (χ0n) is 63.9. The summed E-state index contributed by atoms with van der Waals surface area (Å²) in [6.07, 6.45) is 2.15. The average Bonchev–Trinajstić information content (AvgIpc) is 0.696. The molecule has 2 saturated heterocycles. The smallest absolute Gasteiger partial charge is 0.252 e. The summed E-state index contributed by atoms with van der Waals surface area (Å²) in [6.45, 7) is 28.9. The van der Waals surface area contributed by atoms with Gasteiger partial charge in [0.05, 0.1) is 104 Å². The van der Waals surface area contributed by atoms with Gasteiger partial charge in [-0.1, -0.05) is 110 Å². The highest BCUT2D eigenvalue weighted by Gasteiger charge is 2.62. The summed E-state index contributed by atoms with van der Waals surface area (Å²) < 4.78 is 62.0. The van der Waals surface area contributed by atoms with Crippen LogP contribution in [0.5, 0.6) is 34.5 Å². The Morgan fingerprint density at radius 2 is 0.858 bits per heavy atom. The molecule has 4 aromatic carbocycles. The lowest BCUT2D eigenvalue weighted by molar-refractivity contribution is -0.151. The van der Waals surface area contributed by atoms with Crippen LogP contribution in [0, 0.1) is 13.8 Å². The number of halogens is 2. The molecular weight excluding hydrogens is 1430 g/mol. The van der Waals surface area contributed by atoms with Crippen molar-refractivity contribution in [2.24, 2.45) is 0 Å². The van der Waals surface area contributed by atoms with Gasteiger partial charge in [-0.3, -0.25) is 43.4 Å². The van der Waals surface area contributed by atoms with Crippen LogP contribution in [0.15, 0.2) is 117 Å². The first-order chi connectivity index (χ1) is 49.4. The maximum Gasteiger partial charge on any atom is 0.252 e. The lowest BCUT2D eigenvalue weighted by atomic mass is 9.72. The van der Waals surface area contributed by atoms with Crippen molar-refractivity contribution >= 4 is 92.7 Å². The van der Waals surface area contributed by atoms with E-state index in [0.29, 0.717) is 73.7 Å². The summed E-state index contributed by atoms with van der Waals surface area (Å²) in [5.74, 6) is -1.15. The number of ether oxygens (including phenoxy) is 8. The van der Waals surface area contributed by atoms with E-state index in [1.54, 1.807) is 62.1 Å². The van der Waals surface area contributed by atoms with Gasteiger partial charge < -0.3 is 61.7 Å². The molecule has 0 spiro atoms. The highest BCUT2D eigenvalue weighted by molar-refractivity contribution is 6.75. The molecule has 2 fully saturated rings. The number of alkyl halides is 2. The maximum atomic E-state index is 14.9. The lowest BCUT2D eigenvalue weighted by Gasteiger charge is -2.55. The maximum absolute atomic E-state index is 14.9. The van der Waals surface area contributed by atoms with Gasteiger partial charge in [0, 0.05) is 72.6 Å². The van der Waals surface area contributed by atoms with Gasteiger partial charge in [-0.25, -0.2) is 0 Å². The predicted octanol–water partition coefficient (Wildman–Crippen LogP) is 12.8. The Kier molecular flexibility index (Phi) is 24.1. The highest BCUT2D eigenvalue weighted by Crippen LogP contribution is 2.59. The zero-order valence-corrected chi connectivity index (χ0v) is 67.4. The Labute approximate surface area is 634 Å². The molecule has 6 heterocycles. The van der Waals surface area contributed by atoms with Crippen LogP contribution in [-0.4, -0.2) is 188 Å². The van der Waals surface area contributed by atoms with E-state index >= 15 is 0 Å². The number of amides is 2. The first kappa shape index (κ1) is 81.9. The number of hydrogen-bond acceptors (Lipinski definition) is 20. The van der Waals surface area contributed by atoms with E-state index in [1.807, 2.05) is 86.7 Å². The van der Waals surface area contributed by atoms with Gasteiger partial charge in [0.25, 0.3) is 22.5 Å². The van der Waals surface area contributed by atoms with Crippen molar-refractivity contribution in [3.05, 3.63) is 162 Å². The molecule has 570 valence electrons. The Balaban J connectivity index is 0.000000234. The number of benzene rings is 4. The standard InChI is InChI=1S/C39H48N2O9Si.C39H46N2O9Si.CH2Cl2.CH4/c2*1-20-31(42)28-27(33(44)35(20)46-7)29-24-17-23-26(37(48-9)36(47-8)21(2)34(23)50-51(10,11)39(3,4)5)25(19-49-18-22-15-13-12-14-16-22)41(24)38(45)30(32(28)43)40(29)6;2-1-3;/h12-17,25,29-30,32,43H,18-19H2,1-11H3;12-17,25,29-30H,18-19H2,1-11H3;1H2;1H4/t25-,29-,30-,32-;25-,29-,30-;;/m00../s1. The number of aliphatic hydroxyl groups excluding tert-OH is 1. The molecule has 0 saturated carbocycles. The fourth-order valence-corrected chi connectivity index (χ4v) is 17.1. The van der Waals surface area contributed by atoms with Crippen LogP contribution in [0.4, 0.5) is 0 Å². The van der Waals surface area contributed by atoms with Crippen molar-refractivity contribution in [2.45, 2.75) is 168 Å². The molecule has 7 atom stereocenters. The van der Waals surface area contributed by atoms with Crippen molar-refractivity contribution in [1.82, 2.24) is 19.6 Å². The summed E-state index contributed by atoms with van der Waals surface area (Å²) in [7, 11) is 7.26. The van der Waals surface area contributed by atoms with Crippen LogP contribution in [0.1, 0.15) is 119 Å². The number of carbonyl (C=O) groups is 7. The van der Waals surface area contributed by atoms with Gasteiger partial charge in [0.1, 0.15) is 23.6 Å². The van der Waals surface area contributed by atoms with Crippen molar-refractivity contribution in [3.63, 3.8) is 0 Å². The van der Waals surface area contributed by atoms with E-state index in [9.17, 15) is 38.7 Å². The number of allylic oxidation sites excluding steroid dienone is 4. The third-order valence-corrected chi connectivity index (χ3v) is 30.9. The Morgan fingerprint density at radius 1 is 0.481 bits per heavy atom. The fourth-order valence-electron chi connectivity index (χ4n) is 14.9. The van der Waals surface area contributed by atoms with Gasteiger partial charge in [0.15, 0.2) is 57.9 Å². The third-order valence-electron chi connectivity index (χ3n) is 22.2. The molecule has 0 radical (unpaired) electrons. The van der Waals surface area contributed by atoms with Gasteiger partial charge in [-0.05, 0) is 101 Å².